The number of aromatic amines is 1. The standard InChI is InChI=1S/C22H23F2N3O3/c1-4-5-10-27(2)22(29)26-18-9-7-16(23)19(20(18)24)21(28)15-12-25-17-8-6-13(30-3)11-14(15)17/h6-9,11-12,25H,4-5,10H2,1-3H3,(H,26,29). The quantitative estimate of drug-likeness (QED) is 0.536. The first-order valence-corrected chi connectivity index (χ1v) is 9.57. The minimum Gasteiger partial charge on any atom is -0.497 e. The lowest BCUT2D eigenvalue weighted by Gasteiger charge is -2.18. The number of amides is 2. The lowest BCUT2D eigenvalue weighted by molar-refractivity contribution is 0.103. The van der Waals surface area contributed by atoms with Gasteiger partial charge < -0.3 is 19.9 Å². The molecule has 8 heteroatoms. The molecule has 0 aliphatic rings. The van der Waals surface area contributed by atoms with E-state index in [9.17, 15) is 14.0 Å². The lowest BCUT2D eigenvalue weighted by atomic mass is 10.0. The molecule has 2 N–H and O–H groups in total. The third-order valence-corrected chi connectivity index (χ3v) is 4.89. The normalized spacial score (nSPS) is 10.8. The molecule has 0 fully saturated rings. The number of carbonyl (C=O) groups excluding carboxylic acids is 2. The summed E-state index contributed by atoms with van der Waals surface area (Å²) >= 11 is 0. The SMILES string of the molecule is CCCCN(C)C(=O)Nc1ccc(F)c(C(=O)c2c[nH]c3ccc(OC)cc23)c1F. The molecule has 3 aromatic rings. The van der Waals surface area contributed by atoms with Crippen LogP contribution < -0.4 is 10.1 Å². The maximum Gasteiger partial charge on any atom is 0.321 e. The van der Waals surface area contributed by atoms with E-state index < -0.39 is 29.0 Å². The van der Waals surface area contributed by atoms with Crippen molar-refractivity contribution in [3.8, 4) is 5.75 Å². The molecule has 0 aliphatic carbocycles. The largest absolute Gasteiger partial charge is 0.497 e. The summed E-state index contributed by atoms with van der Waals surface area (Å²) in [7, 11) is 3.07. The number of nitrogens with zero attached hydrogens (tertiary/aromatic N) is 1. The maximum atomic E-state index is 15.1. The number of benzene rings is 2. The summed E-state index contributed by atoms with van der Waals surface area (Å²) in [5.41, 5.74) is -0.259. The van der Waals surface area contributed by atoms with E-state index in [1.165, 1.54) is 18.2 Å². The van der Waals surface area contributed by atoms with Crippen LogP contribution in [0.4, 0.5) is 19.3 Å². The molecule has 2 aromatic carbocycles. The van der Waals surface area contributed by atoms with E-state index >= 15 is 4.39 Å². The summed E-state index contributed by atoms with van der Waals surface area (Å²) in [6.45, 7) is 2.48. The first-order valence-electron chi connectivity index (χ1n) is 9.57. The number of carbonyl (C=O) groups is 2. The van der Waals surface area contributed by atoms with Gasteiger partial charge in [-0.15, -0.1) is 0 Å². The van der Waals surface area contributed by atoms with Crippen molar-refractivity contribution in [2.24, 2.45) is 0 Å². The average Bonchev–Trinajstić information content (AvgIpc) is 3.16. The molecule has 0 atom stereocenters. The Balaban J connectivity index is 1.96. The van der Waals surface area contributed by atoms with Crippen LogP contribution in [-0.4, -0.2) is 42.4 Å². The fourth-order valence-electron chi connectivity index (χ4n) is 3.11. The zero-order valence-electron chi connectivity index (χ0n) is 17.0. The van der Waals surface area contributed by atoms with Gasteiger partial charge in [-0.05, 0) is 36.8 Å². The van der Waals surface area contributed by atoms with Gasteiger partial charge in [0.15, 0.2) is 5.82 Å². The van der Waals surface area contributed by atoms with Gasteiger partial charge in [-0.25, -0.2) is 13.6 Å². The van der Waals surface area contributed by atoms with Crippen molar-refractivity contribution in [3.05, 3.63) is 59.3 Å². The van der Waals surface area contributed by atoms with Crippen LogP contribution in [0.2, 0.25) is 0 Å². The predicted octanol–water partition coefficient (Wildman–Crippen LogP) is 4.95. The van der Waals surface area contributed by atoms with Crippen molar-refractivity contribution in [1.82, 2.24) is 9.88 Å². The number of halogens is 2. The van der Waals surface area contributed by atoms with E-state index in [1.54, 1.807) is 25.2 Å². The molecule has 0 spiro atoms. The molecule has 0 aliphatic heterocycles. The number of hydrogen-bond donors (Lipinski definition) is 2. The number of urea groups is 1. The fourth-order valence-corrected chi connectivity index (χ4v) is 3.11. The van der Waals surface area contributed by atoms with Crippen LogP contribution in [0.25, 0.3) is 10.9 Å². The van der Waals surface area contributed by atoms with E-state index in [-0.39, 0.29) is 11.3 Å². The summed E-state index contributed by atoms with van der Waals surface area (Å²) in [5, 5.41) is 2.89. The van der Waals surface area contributed by atoms with Crippen molar-refractivity contribution >= 4 is 28.4 Å². The second-order valence-corrected chi connectivity index (χ2v) is 6.93. The number of methoxy groups -OCH3 is 1. The first-order chi connectivity index (χ1) is 14.4. The fraction of sp³-hybridized carbons (Fsp3) is 0.273. The van der Waals surface area contributed by atoms with Gasteiger partial charge in [-0.3, -0.25) is 4.79 Å². The van der Waals surface area contributed by atoms with Crippen LogP contribution in [-0.2, 0) is 0 Å². The Labute approximate surface area is 172 Å². The Morgan fingerprint density at radius 3 is 2.67 bits per heavy atom. The van der Waals surface area contributed by atoms with Gasteiger partial charge in [0.25, 0.3) is 0 Å². The van der Waals surface area contributed by atoms with Gasteiger partial charge in [-0.2, -0.15) is 0 Å². The van der Waals surface area contributed by atoms with Crippen LogP contribution >= 0.6 is 0 Å². The van der Waals surface area contributed by atoms with E-state index in [2.05, 4.69) is 10.3 Å². The van der Waals surface area contributed by atoms with Gasteiger partial charge in [0.1, 0.15) is 11.6 Å². The topological polar surface area (TPSA) is 74.4 Å². The average molecular weight is 415 g/mol. The summed E-state index contributed by atoms with van der Waals surface area (Å²) < 4.78 is 34.7. The number of hydrogen-bond acceptors (Lipinski definition) is 3. The summed E-state index contributed by atoms with van der Waals surface area (Å²) in [4.78, 5) is 29.6. The monoisotopic (exact) mass is 415 g/mol. The first kappa shape index (κ1) is 21.3. The number of unbranched alkanes of at least 4 members (excludes halogenated alkanes) is 1. The van der Waals surface area contributed by atoms with Crippen LogP contribution in [0.3, 0.4) is 0 Å². The highest BCUT2D eigenvalue weighted by molar-refractivity contribution is 6.17. The molecule has 1 aromatic heterocycles. The Kier molecular flexibility index (Phi) is 6.34. The minimum absolute atomic E-state index is 0.102. The molecule has 0 saturated heterocycles. The second kappa shape index (κ2) is 8.94. The lowest BCUT2D eigenvalue weighted by Crippen LogP contribution is -2.32. The molecule has 3 rings (SSSR count). The highest BCUT2D eigenvalue weighted by atomic mass is 19.1. The number of aromatic nitrogens is 1. The van der Waals surface area contributed by atoms with Gasteiger partial charge in [0, 0.05) is 36.3 Å². The van der Waals surface area contributed by atoms with Crippen LogP contribution in [0, 0.1) is 11.6 Å². The number of ketones is 1. The van der Waals surface area contributed by atoms with Gasteiger partial charge >= 0.3 is 6.03 Å². The van der Waals surface area contributed by atoms with Gasteiger partial charge in [-0.1, -0.05) is 13.3 Å². The molecular weight excluding hydrogens is 392 g/mol. The molecule has 0 bridgehead atoms. The second-order valence-electron chi connectivity index (χ2n) is 6.93. The number of H-pyrrole nitrogens is 1. The van der Waals surface area contributed by atoms with Crippen molar-refractivity contribution in [2.75, 3.05) is 26.0 Å². The van der Waals surface area contributed by atoms with E-state index in [1.807, 2.05) is 6.92 Å². The molecule has 2 amide bonds. The summed E-state index contributed by atoms with van der Waals surface area (Å²) in [6, 6.07) is 6.56. The molecule has 158 valence electrons. The predicted molar refractivity (Wildman–Crippen MR) is 111 cm³/mol. The number of anilines is 1. The number of nitrogens with one attached hydrogen (secondary N) is 2. The third kappa shape index (κ3) is 4.12. The summed E-state index contributed by atoms with van der Waals surface area (Å²) in [5.74, 6) is -2.45. The summed E-state index contributed by atoms with van der Waals surface area (Å²) in [6.07, 6.45) is 3.09. The Morgan fingerprint density at radius 2 is 1.97 bits per heavy atom. The highest BCUT2D eigenvalue weighted by Gasteiger charge is 2.25. The number of ether oxygens (including phenoxy) is 1. The van der Waals surface area contributed by atoms with Crippen LogP contribution in [0.15, 0.2) is 36.5 Å². The molecule has 1 heterocycles. The minimum atomic E-state index is -1.12. The van der Waals surface area contributed by atoms with E-state index in [4.69, 9.17) is 4.74 Å². The van der Waals surface area contributed by atoms with Crippen LogP contribution in [0.5, 0.6) is 5.75 Å². The molecule has 6 nitrogen and oxygen atoms in total. The molecule has 0 radical (unpaired) electrons. The molecule has 0 saturated carbocycles. The highest BCUT2D eigenvalue weighted by Crippen LogP contribution is 2.29. The smallest absolute Gasteiger partial charge is 0.321 e. The zero-order chi connectivity index (χ0) is 21.8. The van der Waals surface area contributed by atoms with E-state index in [0.29, 0.717) is 23.2 Å². The molecular formula is C22H23F2N3O3. The van der Waals surface area contributed by atoms with Crippen molar-refractivity contribution in [2.45, 2.75) is 19.8 Å². The van der Waals surface area contributed by atoms with Crippen molar-refractivity contribution in [1.29, 1.82) is 0 Å². The van der Waals surface area contributed by atoms with Crippen molar-refractivity contribution in [3.63, 3.8) is 0 Å². The third-order valence-electron chi connectivity index (χ3n) is 4.89. The van der Waals surface area contributed by atoms with Gasteiger partial charge in [0.2, 0.25) is 5.78 Å². The zero-order valence-corrected chi connectivity index (χ0v) is 17.0. The van der Waals surface area contributed by atoms with E-state index in [0.717, 1.165) is 25.0 Å². The molecule has 0 unspecified atom stereocenters. The van der Waals surface area contributed by atoms with Gasteiger partial charge in [0.05, 0.1) is 18.4 Å². The Bertz CT molecular complexity index is 1090. The Morgan fingerprint density at radius 1 is 1.20 bits per heavy atom. The van der Waals surface area contributed by atoms with Crippen molar-refractivity contribution < 1.29 is 23.1 Å². The Hall–Kier alpha value is -3.42. The molecule has 30 heavy (non-hydrogen) atoms. The van der Waals surface area contributed by atoms with Crippen LogP contribution in [0.1, 0.15) is 35.7 Å². The number of fused-ring (bicyclic) bond motifs is 1. The number of rotatable bonds is 7. The maximum absolute atomic E-state index is 15.1.